The number of aromatic nitrogens is 3. The first kappa shape index (κ1) is 14.0. The molecule has 0 spiro atoms. The van der Waals surface area contributed by atoms with Crippen molar-refractivity contribution in [1.82, 2.24) is 15.2 Å². The summed E-state index contributed by atoms with van der Waals surface area (Å²) in [4.78, 5) is 4.34. The molecule has 0 saturated carbocycles. The minimum Gasteiger partial charge on any atom is -0.494 e. The molecule has 6 nitrogen and oxygen atoms in total. The summed E-state index contributed by atoms with van der Waals surface area (Å²) in [6.45, 7) is 6.67. The molecule has 6 heteroatoms. The van der Waals surface area contributed by atoms with E-state index in [1.54, 1.807) is 6.20 Å². The molecule has 20 heavy (non-hydrogen) atoms. The Kier molecular flexibility index (Phi) is 4.70. The van der Waals surface area contributed by atoms with E-state index in [4.69, 9.17) is 4.74 Å². The van der Waals surface area contributed by atoms with Crippen molar-refractivity contribution in [1.29, 1.82) is 0 Å². The van der Waals surface area contributed by atoms with Crippen LogP contribution < -0.4 is 15.4 Å². The Bertz CT molecular complexity index is 542. The Balaban J connectivity index is 2.05. The standard InChI is InChI=1S/C14H19N5O/c1-4-20-12-7-5-11(6-8-12)17-13-9-15-19-14(18-13)16-10(2)3/h5-10H,4H2,1-3H3,(H2,16,17,18,19). The maximum atomic E-state index is 5.40. The highest BCUT2D eigenvalue weighted by Crippen LogP contribution is 2.18. The molecule has 1 aromatic heterocycles. The second-order valence-electron chi connectivity index (χ2n) is 4.55. The number of hydrogen-bond donors (Lipinski definition) is 2. The van der Waals surface area contributed by atoms with Crippen LogP contribution in [0.25, 0.3) is 0 Å². The zero-order valence-electron chi connectivity index (χ0n) is 11.9. The molecular formula is C14H19N5O. The Morgan fingerprint density at radius 1 is 1.20 bits per heavy atom. The van der Waals surface area contributed by atoms with Crippen molar-refractivity contribution in [2.75, 3.05) is 17.2 Å². The van der Waals surface area contributed by atoms with Crippen LogP contribution in [-0.4, -0.2) is 27.8 Å². The van der Waals surface area contributed by atoms with Crippen LogP contribution >= 0.6 is 0 Å². The van der Waals surface area contributed by atoms with E-state index < -0.39 is 0 Å². The molecule has 1 heterocycles. The number of rotatable bonds is 6. The van der Waals surface area contributed by atoms with Gasteiger partial charge in [-0.25, -0.2) is 0 Å². The maximum absolute atomic E-state index is 5.40. The third kappa shape index (κ3) is 4.08. The molecule has 0 aliphatic heterocycles. The number of nitrogens with one attached hydrogen (secondary N) is 2. The fourth-order valence-corrected chi connectivity index (χ4v) is 1.63. The van der Waals surface area contributed by atoms with E-state index >= 15 is 0 Å². The molecule has 0 saturated heterocycles. The van der Waals surface area contributed by atoms with Crippen molar-refractivity contribution < 1.29 is 4.74 Å². The molecule has 1 aromatic carbocycles. The van der Waals surface area contributed by atoms with E-state index in [0.717, 1.165) is 11.4 Å². The first-order chi connectivity index (χ1) is 9.67. The topological polar surface area (TPSA) is 72.0 Å². The van der Waals surface area contributed by atoms with Gasteiger partial charge in [-0.3, -0.25) is 0 Å². The van der Waals surface area contributed by atoms with Crippen LogP contribution in [0.1, 0.15) is 20.8 Å². The minimum absolute atomic E-state index is 0.262. The molecule has 0 atom stereocenters. The Morgan fingerprint density at radius 3 is 2.60 bits per heavy atom. The molecule has 0 bridgehead atoms. The summed E-state index contributed by atoms with van der Waals surface area (Å²) in [6.07, 6.45) is 1.59. The number of hydrogen-bond acceptors (Lipinski definition) is 6. The quantitative estimate of drug-likeness (QED) is 0.843. The van der Waals surface area contributed by atoms with Crippen LogP contribution in [0.15, 0.2) is 30.5 Å². The predicted molar refractivity (Wildman–Crippen MR) is 79.5 cm³/mol. The monoisotopic (exact) mass is 273 g/mol. The van der Waals surface area contributed by atoms with E-state index in [2.05, 4.69) is 25.8 Å². The van der Waals surface area contributed by atoms with E-state index in [1.807, 2.05) is 45.0 Å². The summed E-state index contributed by atoms with van der Waals surface area (Å²) in [6, 6.07) is 7.95. The van der Waals surface area contributed by atoms with Gasteiger partial charge in [-0.15, -0.1) is 5.10 Å². The molecule has 0 aliphatic rings. The van der Waals surface area contributed by atoms with Gasteiger partial charge < -0.3 is 15.4 Å². The van der Waals surface area contributed by atoms with Gasteiger partial charge in [0.1, 0.15) is 5.75 Å². The molecule has 2 N–H and O–H groups in total. The zero-order valence-corrected chi connectivity index (χ0v) is 11.9. The van der Waals surface area contributed by atoms with E-state index in [-0.39, 0.29) is 6.04 Å². The van der Waals surface area contributed by atoms with Crippen molar-refractivity contribution in [3.63, 3.8) is 0 Å². The van der Waals surface area contributed by atoms with Gasteiger partial charge in [0.05, 0.1) is 12.8 Å². The highest BCUT2D eigenvalue weighted by Gasteiger charge is 2.02. The van der Waals surface area contributed by atoms with E-state index in [1.165, 1.54) is 0 Å². The number of nitrogens with zero attached hydrogens (tertiary/aromatic N) is 3. The summed E-state index contributed by atoms with van der Waals surface area (Å²) in [7, 11) is 0. The van der Waals surface area contributed by atoms with Crippen molar-refractivity contribution in [2.45, 2.75) is 26.8 Å². The maximum Gasteiger partial charge on any atom is 0.244 e. The van der Waals surface area contributed by atoms with Gasteiger partial charge in [-0.2, -0.15) is 10.1 Å². The summed E-state index contributed by atoms with van der Waals surface area (Å²) >= 11 is 0. The Morgan fingerprint density at radius 2 is 1.95 bits per heavy atom. The smallest absolute Gasteiger partial charge is 0.244 e. The van der Waals surface area contributed by atoms with Gasteiger partial charge in [0.25, 0.3) is 0 Å². The van der Waals surface area contributed by atoms with Crippen molar-refractivity contribution in [2.24, 2.45) is 0 Å². The molecule has 0 radical (unpaired) electrons. The Labute approximate surface area is 118 Å². The van der Waals surface area contributed by atoms with Gasteiger partial charge in [0.15, 0.2) is 5.82 Å². The lowest BCUT2D eigenvalue weighted by atomic mass is 10.3. The van der Waals surface area contributed by atoms with Gasteiger partial charge in [-0.05, 0) is 45.0 Å². The van der Waals surface area contributed by atoms with Crippen LogP contribution in [0.3, 0.4) is 0 Å². The van der Waals surface area contributed by atoms with E-state index in [9.17, 15) is 0 Å². The van der Waals surface area contributed by atoms with Crippen LogP contribution in [0.5, 0.6) is 5.75 Å². The Hall–Kier alpha value is -2.37. The first-order valence-electron chi connectivity index (χ1n) is 6.63. The summed E-state index contributed by atoms with van der Waals surface area (Å²) in [5, 5.41) is 14.1. The number of ether oxygens (including phenoxy) is 1. The minimum atomic E-state index is 0.262. The average Bonchev–Trinajstić information content (AvgIpc) is 2.41. The lowest BCUT2D eigenvalue weighted by Crippen LogP contribution is -2.13. The molecule has 0 fully saturated rings. The van der Waals surface area contributed by atoms with Crippen LogP contribution in [-0.2, 0) is 0 Å². The third-order valence-electron chi connectivity index (χ3n) is 2.41. The SMILES string of the molecule is CCOc1ccc(Nc2cnnc(NC(C)C)n2)cc1. The summed E-state index contributed by atoms with van der Waals surface area (Å²) in [5.41, 5.74) is 0.921. The molecule has 0 aliphatic carbocycles. The number of benzene rings is 1. The predicted octanol–water partition coefficient (Wildman–Crippen LogP) is 2.83. The second kappa shape index (κ2) is 6.70. The summed E-state index contributed by atoms with van der Waals surface area (Å²) in [5.74, 6) is 2.00. The molecular weight excluding hydrogens is 254 g/mol. The zero-order chi connectivity index (χ0) is 14.4. The van der Waals surface area contributed by atoms with Crippen LogP contribution in [0.2, 0.25) is 0 Å². The highest BCUT2D eigenvalue weighted by molar-refractivity contribution is 5.57. The average molecular weight is 273 g/mol. The van der Waals surface area contributed by atoms with Gasteiger partial charge in [0, 0.05) is 11.7 Å². The van der Waals surface area contributed by atoms with E-state index in [0.29, 0.717) is 18.4 Å². The first-order valence-corrected chi connectivity index (χ1v) is 6.63. The van der Waals surface area contributed by atoms with Crippen molar-refractivity contribution in [3.05, 3.63) is 30.5 Å². The molecule has 2 rings (SSSR count). The molecule has 2 aromatic rings. The fourth-order valence-electron chi connectivity index (χ4n) is 1.63. The van der Waals surface area contributed by atoms with Crippen molar-refractivity contribution >= 4 is 17.5 Å². The molecule has 0 amide bonds. The van der Waals surface area contributed by atoms with Crippen LogP contribution in [0.4, 0.5) is 17.5 Å². The fraction of sp³-hybridized carbons (Fsp3) is 0.357. The normalized spacial score (nSPS) is 10.4. The van der Waals surface area contributed by atoms with Gasteiger partial charge >= 0.3 is 0 Å². The lowest BCUT2D eigenvalue weighted by Gasteiger charge is -2.10. The third-order valence-corrected chi connectivity index (χ3v) is 2.41. The molecule has 106 valence electrons. The number of anilines is 3. The van der Waals surface area contributed by atoms with Gasteiger partial charge in [0.2, 0.25) is 5.95 Å². The largest absolute Gasteiger partial charge is 0.494 e. The summed E-state index contributed by atoms with van der Waals surface area (Å²) < 4.78 is 5.40. The highest BCUT2D eigenvalue weighted by atomic mass is 16.5. The van der Waals surface area contributed by atoms with Crippen LogP contribution in [0, 0.1) is 0 Å². The van der Waals surface area contributed by atoms with Crippen molar-refractivity contribution in [3.8, 4) is 5.75 Å². The lowest BCUT2D eigenvalue weighted by molar-refractivity contribution is 0.340. The second-order valence-corrected chi connectivity index (χ2v) is 4.55. The molecule has 0 unspecified atom stereocenters. The van der Waals surface area contributed by atoms with Gasteiger partial charge in [-0.1, -0.05) is 0 Å².